The molecule has 0 aromatic carbocycles. The molecule has 2 heterocycles. The van der Waals surface area contributed by atoms with Gasteiger partial charge in [-0.1, -0.05) is 6.92 Å². The second-order valence-corrected chi connectivity index (χ2v) is 4.62. The molecule has 0 aliphatic rings. The summed E-state index contributed by atoms with van der Waals surface area (Å²) in [4.78, 5) is 19.5. The second-order valence-electron chi connectivity index (χ2n) is 4.62. The van der Waals surface area contributed by atoms with E-state index in [1.165, 1.54) is 0 Å². The lowest BCUT2D eigenvalue weighted by molar-refractivity contribution is 0.112. The molecule has 2 rings (SSSR count). The predicted molar refractivity (Wildman–Crippen MR) is 74.9 cm³/mol. The monoisotopic (exact) mass is 258 g/mol. The van der Waals surface area contributed by atoms with Gasteiger partial charge in [0.05, 0.1) is 0 Å². The van der Waals surface area contributed by atoms with Gasteiger partial charge in [-0.05, 0) is 26.3 Å². The van der Waals surface area contributed by atoms with E-state index >= 15 is 0 Å². The highest BCUT2D eigenvalue weighted by Crippen LogP contribution is 2.14. The van der Waals surface area contributed by atoms with Crippen LogP contribution in [0.2, 0.25) is 0 Å². The number of rotatable bonds is 5. The van der Waals surface area contributed by atoms with E-state index in [2.05, 4.69) is 29.1 Å². The number of aldehydes is 1. The third-order valence-electron chi connectivity index (χ3n) is 3.03. The molecule has 2 aromatic heterocycles. The van der Waals surface area contributed by atoms with Gasteiger partial charge in [0, 0.05) is 35.8 Å². The van der Waals surface area contributed by atoms with Gasteiger partial charge in [0.15, 0.2) is 6.29 Å². The minimum Gasteiger partial charge on any atom is -0.352 e. The van der Waals surface area contributed by atoms with Gasteiger partial charge in [-0.2, -0.15) is 4.98 Å². The summed E-state index contributed by atoms with van der Waals surface area (Å²) in [5, 5.41) is 3.24. The van der Waals surface area contributed by atoms with Crippen molar-refractivity contribution in [1.29, 1.82) is 0 Å². The third-order valence-corrected chi connectivity index (χ3v) is 3.03. The fourth-order valence-corrected chi connectivity index (χ4v) is 1.70. The number of hydrogen-bond acceptors (Lipinski definition) is 4. The Morgan fingerprint density at radius 2 is 2.32 bits per heavy atom. The molecule has 100 valence electrons. The molecule has 1 atom stereocenters. The molecular weight excluding hydrogens is 240 g/mol. The molecule has 0 aliphatic heterocycles. The van der Waals surface area contributed by atoms with Gasteiger partial charge in [-0.3, -0.25) is 4.79 Å². The van der Waals surface area contributed by atoms with E-state index in [9.17, 15) is 4.79 Å². The van der Waals surface area contributed by atoms with E-state index in [0.29, 0.717) is 17.6 Å². The topological polar surface area (TPSA) is 59.8 Å². The quantitative estimate of drug-likeness (QED) is 0.837. The molecule has 0 saturated heterocycles. The zero-order chi connectivity index (χ0) is 13.8. The van der Waals surface area contributed by atoms with Crippen molar-refractivity contribution < 1.29 is 4.79 Å². The van der Waals surface area contributed by atoms with Crippen LogP contribution in [0.3, 0.4) is 0 Å². The molecule has 1 unspecified atom stereocenters. The van der Waals surface area contributed by atoms with E-state index in [4.69, 9.17) is 0 Å². The van der Waals surface area contributed by atoms with Crippen molar-refractivity contribution in [2.45, 2.75) is 33.2 Å². The zero-order valence-corrected chi connectivity index (χ0v) is 11.4. The Hall–Kier alpha value is -2.17. The van der Waals surface area contributed by atoms with Crippen LogP contribution in [0.5, 0.6) is 0 Å². The minimum absolute atomic E-state index is 0.325. The fourth-order valence-electron chi connectivity index (χ4n) is 1.70. The zero-order valence-electron chi connectivity index (χ0n) is 11.4. The van der Waals surface area contributed by atoms with Crippen LogP contribution in [0, 0.1) is 6.92 Å². The van der Waals surface area contributed by atoms with E-state index in [1.807, 2.05) is 17.7 Å². The average Bonchev–Trinajstić information content (AvgIpc) is 2.89. The summed E-state index contributed by atoms with van der Waals surface area (Å²) >= 11 is 0. The van der Waals surface area contributed by atoms with Crippen LogP contribution in [-0.4, -0.2) is 26.9 Å². The number of nitrogens with zero attached hydrogens (tertiary/aromatic N) is 3. The first kappa shape index (κ1) is 13.3. The van der Waals surface area contributed by atoms with Gasteiger partial charge >= 0.3 is 0 Å². The van der Waals surface area contributed by atoms with Gasteiger partial charge in [0.25, 0.3) is 0 Å². The molecule has 0 bridgehead atoms. The number of anilines is 1. The number of nitrogens with one attached hydrogen (secondary N) is 1. The molecule has 0 saturated carbocycles. The molecule has 0 aliphatic carbocycles. The standard InChI is InChI=1S/C14H18N4O/c1-4-11(3)16-14-15-7-10(2)13(17-14)18-6-5-12(8-18)9-19/h5-9,11H,4H2,1-3H3,(H,15,16,17). The van der Waals surface area contributed by atoms with Crippen LogP contribution in [0.25, 0.3) is 5.82 Å². The van der Waals surface area contributed by atoms with Crippen molar-refractivity contribution in [2.75, 3.05) is 5.32 Å². The largest absolute Gasteiger partial charge is 0.352 e. The minimum atomic E-state index is 0.325. The Bertz CT molecular complexity index is 577. The van der Waals surface area contributed by atoms with E-state index < -0.39 is 0 Å². The molecule has 5 nitrogen and oxygen atoms in total. The number of hydrogen-bond donors (Lipinski definition) is 1. The van der Waals surface area contributed by atoms with Crippen molar-refractivity contribution in [3.63, 3.8) is 0 Å². The molecule has 0 spiro atoms. The highest BCUT2D eigenvalue weighted by Gasteiger charge is 2.08. The Labute approximate surface area is 112 Å². The normalized spacial score (nSPS) is 12.2. The van der Waals surface area contributed by atoms with E-state index in [1.54, 1.807) is 18.5 Å². The van der Waals surface area contributed by atoms with Gasteiger partial charge in [-0.15, -0.1) is 0 Å². The van der Waals surface area contributed by atoms with Crippen molar-refractivity contribution >= 4 is 12.2 Å². The van der Waals surface area contributed by atoms with Gasteiger partial charge < -0.3 is 9.88 Å². The van der Waals surface area contributed by atoms with Gasteiger partial charge in [0.2, 0.25) is 5.95 Å². The SMILES string of the molecule is CCC(C)Nc1ncc(C)c(-n2ccc(C=O)c2)n1. The Kier molecular flexibility index (Phi) is 3.94. The highest BCUT2D eigenvalue weighted by molar-refractivity contribution is 5.74. The second kappa shape index (κ2) is 5.65. The van der Waals surface area contributed by atoms with Crippen LogP contribution in [-0.2, 0) is 0 Å². The van der Waals surface area contributed by atoms with Crippen molar-refractivity contribution in [1.82, 2.24) is 14.5 Å². The molecule has 5 heteroatoms. The fraction of sp³-hybridized carbons (Fsp3) is 0.357. The summed E-state index contributed by atoms with van der Waals surface area (Å²) in [6, 6.07) is 2.09. The summed E-state index contributed by atoms with van der Waals surface area (Å²) < 4.78 is 1.84. The first-order chi connectivity index (χ1) is 9.13. The maximum Gasteiger partial charge on any atom is 0.224 e. The first-order valence-electron chi connectivity index (χ1n) is 6.37. The molecule has 2 aromatic rings. The van der Waals surface area contributed by atoms with Crippen molar-refractivity contribution in [3.8, 4) is 5.82 Å². The van der Waals surface area contributed by atoms with E-state index in [0.717, 1.165) is 24.1 Å². The summed E-state index contributed by atoms with van der Waals surface area (Å²) in [5.41, 5.74) is 1.59. The van der Waals surface area contributed by atoms with Crippen molar-refractivity contribution in [3.05, 3.63) is 35.8 Å². The van der Waals surface area contributed by atoms with Gasteiger partial charge in [0.1, 0.15) is 5.82 Å². The number of carbonyl (C=O) groups is 1. The number of aryl methyl sites for hydroxylation is 1. The van der Waals surface area contributed by atoms with Crippen LogP contribution in [0.1, 0.15) is 36.2 Å². The van der Waals surface area contributed by atoms with Crippen LogP contribution in [0.15, 0.2) is 24.7 Å². The van der Waals surface area contributed by atoms with Crippen LogP contribution in [0.4, 0.5) is 5.95 Å². The predicted octanol–water partition coefficient (Wildman–Crippen LogP) is 2.60. The Balaban J connectivity index is 2.33. The summed E-state index contributed by atoms with van der Waals surface area (Å²) in [6.07, 6.45) is 7.20. The molecule has 0 fully saturated rings. The summed E-state index contributed by atoms with van der Waals surface area (Å²) in [5.74, 6) is 1.39. The number of carbonyl (C=O) groups excluding carboxylic acids is 1. The maximum atomic E-state index is 10.7. The lowest BCUT2D eigenvalue weighted by Crippen LogP contribution is -2.16. The van der Waals surface area contributed by atoms with Crippen LogP contribution < -0.4 is 5.32 Å². The molecule has 0 amide bonds. The highest BCUT2D eigenvalue weighted by atomic mass is 16.1. The van der Waals surface area contributed by atoms with Crippen LogP contribution >= 0.6 is 0 Å². The summed E-state index contributed by atoms with van der Waals surface area (Å²) in [7, 11) is 0. The number of aromatic nitrogens is 3. The van der Waals surface area contributed by atoms with Crippen molar-refractivity contribution in [2.24, 2.45) is 0 Å². The Morgan fingerprint density at radius 1 is 1.53 bits per heavy atom. The average molecular weight is 258 g/mol. The molecule has 0 radical (unpaired) electrons. The first-order valence-corrected chi connectivity index (χ1v) is 6.37. The summed E-state index contributed by atoms with van der Waals surface area (Å²) in [6.45, 7) is 6.14. The third kappa shape index (κ3) is 2.99. The van der Waals surface area contributed by atoms with E-state index in [-0.39, 0.29) is 0 Å². The Morgan fingerprint density at radius 3 is 2.95 bits per heavy atom. The smallest absolute Gasteiger partial charge is 0.224 e. The molecular formula is C14H18N4O. The maximum absolute atomic E-state index is 10.7. The molecule has 1 N–H and O–H groups in total. The molecule has 19 heavy (non-hydrogen) atoms. The van der Waals surface area contributed by atoms with Gasteiger partial charge in [-0.25, -0.2) is 4.98 Å². The lowest BCUT2D eigenvalue weighted by atomic mass is 10.3. The lowest BCUT2D eigenvalue weighted by Gasteiger charge is -2.13.